The fourth-order valence-corrected chi connectivity index (χ4v) is 6.23. The van der Waals surface area contributed by atoms with Crippen LogP contribution in [0.3, 0.4) is 0 Å². The third-order valence-electron chi connectivity index (χ3n) is 7.12. The predicted octanol–water partition coefficient (Wildman–Crippen LogP) is 4.62. The highest BCUT2D eigenvalue weighted by atomic mass is 32.2. The van der Waals surface area contributed by atoms with Crippen molar-refractivity contribution in [1.29, 1.82) is 0 Å². The first-order chi connectivity index (χ1) is 19.8. The Hall–Kier alpha value is -3.82. The number of amides is 1. The van der Waals surface area contributed by atoms with Crippen LogP contribution < -0.4 is 9.64 Å². The van der Waals surface area contributed by atoms with Crippen molar-refractivity contribution in [3.05, 3.63) is 76.5 Å². The standard InChI is InChI=1S/C27H27F3N6O4S2/c1-16-13-17(20-5-3-4-6-22(20)31-16)15-40-19-9-7-18(8-10-19)36(25(37)27(28,29)30)23-14-35(42(2,38)39)12-11-21(23)24-32-26(41)34-33-24/h3-10,13,21,23H,11-12,14-15H2,1-2H3,(H2,32,33,34,41). The van der Waals surface area contributed by atoms with E-state index in [0.717, 1.165) is 32.7 Å². The minimum Gasteiger partial charge on any atom is -0.489 e. The Morgan fingerprint density at radius 1 is 1.19 bits per heavy atom. The van der Waals surface area contributed by atoms with Crippen molar-refractivity contribution in [3.63, 3.8) is 0 Å². The van der Waals surface area contributed by atoms with E-state index in [-0.39, 0.29) is 42.4 Å². The molecule has 3 heterocycles. The van der Waals surface area contributed by atoms with Crippen LogP contribution in [0, 0.1) is 11.7 Å². The number of anilines is 1. The summed E-state index contributed by atoms with van der Waals surface area (Å²) in [5, 5.41) is 7.53. The lowest BCUT2D eigenvalue weighted by molar-refractivity contribution is -0.171. The minimum atomic E-state index is -5.23. The number of para-hydroxylation sites is 1. The van der Waals surface area contributed by atoms with Crippen LogP contribution >= 0.6 is 12.2 Å². The van der Waals surface area contributed by atoms with E-state index in [4.69, 9.17) is 17.0 Å². The van der Waals surface area contributed by atoms with Crippen molar-refractivity contribution in [2.24, 2.45) is 0 Å². The molecule has 4 aromatic rings. The molecule has 2 aromatic heterocycles. The Labute approximate surface area is 244 Å². The maximum atomic E-state index is 14.0. The lowest BCUT2D eigenvalue weighted by atomic mass is 9.90. The van der Waals surface area contributed by atoms with Crippen molar-refractivity contribution < 1.29 is 31.1 Å². The number of hydrogen-bond donors (Lipinski definition) is 2. The molecule has 1 aliphatic rings. The summed E-state index contributed by atoms with van der Waals surface area (Å²) >= 11 is 5.04. The third-order valence-corrected chi connectivity index (χ3v) is 8.58. The van der Waals surface area contributed by atoms with Gasteiger partial charge < -0.3 is 9.72 Å². The number of hydrogen-bond acceptors (Lipinski definition) is 7. The molecule has 0 bridgehead atoms. The molecule has 42 heavy (non-hydrogen) atoms. The number of nitrogens with one attached hydrogen (secondary N) is 2. The first-order valence-corrected chi connectivity index (χ1v) is 15.1. The second-order valence-corrected chi connectivity index (χ2v) is 12.4. The van der Waals surface area contributed by atoms with Gasteiger partial charge in [0.1, 0.15) is 18.2 Å². The number of nitrogens with zero attached hydrogens (tertiary/aromatic N) is 4. The van der Waals surface area contributed by atoms with Gasteiger partial charge in [0.2, 0.25) is 10.0 Å². The zero-order valence-corrected chi connectivity index (χ0v) is 24.2. The number of benzene rings is 2. The van der Waals surface area contributed by atoms with E-state index in [9.17, 15) is 26.4 Å². The maximum absolute atomic E-state index is 14.0. The molecule has 0 spiro atoms. The van der Waals surface area contributed by atoms with E-state index in [1.54, 1.807) is 0 Å². The van der Waals surface area contributed by atoms with Crippen LogP contribution in [0.15, 0.2) is 54.6 Å². The average molecular weight is 621 g/mol. The minimum absolute atomic E-state index is 0.0391. The molecule has 0 radical (unpaired) electrons. The van der Waals surface area contributed by atoms with E-state index in [1.807, 2.05) is 37.3 Å². The Morgan fingerprint density at radius 2 is 1.90 bits per heavy atom. The summed E-state index contributed by atoms with van der Waals surface area (Å²) < 4.78 is 73.8. The van der Waals surface area contributed by atoms with Gasteiger partial charge in [-0.1, -0.05) is 18.2 Å². The second kappa shape index (κ2) is 11.5. The number of H-pyrrole nitrogens is 2. The predicted molar refractivity (Wildman–Crippen MR) is 152 cm³/mol. The molecule has 1 fully saturated rings. The zero-order valence-electron chi connectivity index (χ0n) is 22.6. The fraction of sp³-hybridized carbons (Fsp3) is 0.333. The van der Waals surface area contributed by atoms with E-state index in [2.05, 4.69) is 20.2 Å². The van der Waals surface area contributed by atoms with E-state index < -0.39 is 34.1 Å². The van der Waals surface area contributed by atoms with E-state index in [1.165, 1.54) is 24.3 Å². The molecule has 222 valence electrons. The molecule has 15 heteroatoms. The van der Waals surface area contributed by atoms with Crippen molar-refractivity contribution in [1.82, 2.24) is 24.5 Å². The molecule has 0 saturated carbocycles. The van der Waals surface area contributed by atoms with Gasteiger partial charge in [0.25, 0.3) is 0 Å². The number of halogens is 3. The van der Waals surface area contributed by atoms with Crippen molar-refractivity contribution in [3.8, 4) is 5.75 Å². The molecule has 10 nitrogen and oxygen atoms in total. The van der Waals surface area contributed by atoms with Gasteiger partial charge >= 0.3 is 12.1 Å². The normalized spacial score (nSPS) is 18.2. The number of piperidine rings is 1. The summed E-state index contributed by atoms with van der Waals surface area (Å²) in [6.07, 6.45) is -4.15. The lowest BCUT2D eigenvalue weighted by Crippen LogP contribution is -2.57. The fourth-order valence-electron chi connectivity index (χ4n) is 5.22. The average Bonchev–Trinajstić information content (AvgIpc) is 3.37. The molecule has 2 atom stereocenters. The largest absolute Gasteiger partial charge is 0.489 e. The number of alkyl halides is 3. The highest BCUT2D eigenvalue weighted by Crippen LogP contribution is 2.36. The molecule has 1 aliphatic heterocycles. The number of aryl methyl sites for hydroxylation is 1. The lowest BCUT2D eigenvalue weighted by Gasteiger charge is -2.42. The van der Waals surface area contributed by atoms with Crippen LogP contribution in [0.5, 0.6) is 5.75 Å². The van der Waals surface area contributed by atoms with Crippen LogP contribution in [-0.4, -0.2) is 70.4 Å². The van der Waals surface area contributed by atoms with Crippen molar-refractivity contribution >= 4 is 44.7 Å². The summed E-state index contributed by atoms with van der Waals surface area (Å²) in [5.41, 5.74) is 2.44. The second-order valence-electron chi connectivity index (χ2n) is 10.0. The van der Waals surface area contributed by atoms with Crippen LogP contribution in [0.25, 0.3) is 10.9 Å². The number of aromatic amines is 2. The van der Waals surface area contributed by atoms with Crippen LogP contribution in [0.2, 0.25) is 0 Å². The number of carbonyl (C=O) groups is 1. The number of aromatic nitrogens is 4. The van der Waals surface area contributed by atoms with Crippen LogP contribution in [-0.2, 0) is 21.4 Å². The maximum Gasteiger partial charge on any atom is 0.471 e. The highest BCUT2D eigenvalue weighted by molar-refractivity contribution is 7.88. The number of pyridine rings is 1. The molecular formula is C27H27F3N6O4S2. The van der Waals surface area contributed by atoms with Gasteiger partial charge in [0, 0.05) is 41.3 Å². The SMILES string of the molecule is Cc1cc(COc2ccc(N(C(=O)C(F)(F)F)C3CN(S(C)(=O)=O)CCC3c3n[nH]c(=S)[nH]3)cc2)c2ccccc2n1. The number of sulfonamides is 1. The quantitative estimate of drug-likeness (QED) is 0.289. The van der Waals surface area contributed by atoms with Gasteiger partial charge in [-0.3, -0.25) is 19.8 Å². The molecule has 5 rings (SSSR count). The topological polar surface area (TPSA) is 124 Å². The summed E-state index contributed by atoms with van der Waals surface area (Å²) in [6, 6.07) is 13.9. The monoisotopic (exact) mass is 620 g/mol. The number of ether oxygens (including phenoxy) is 1. The van der Waals surface area contributed by atoms with Crippen molar-refractivity contribution in [2.45, 2.75) is 38.1 Å². The highest BCUT2D eigenvalue weighted by Gasteiger charge is 2.49. The van der Waals surface area contributed by atoms with Gasteiger partial charge in [-0.15, -0.1) is 0 Å². The van der Waals surface area contributed by atoms with Gasteiger partial charge in [0.05, 0.1) is 17.8 Å². The Kier molecular flexibility index (Phi) is 8.09. The zero-order chi connectivity index (χ0) is 30.2. The Morgan fingerprint density at radius 3 is 2.55 bits per heavy atom. The van der Waals surface area contributed by atoms with Crippen molar-refractivity contribution in [2.75, 3.05) is 24.2 Å². The van der Waals surface area contributed by atoms with Gasteiger partial charge in [0.15, 0.2) is 4.77 Å². The van der Waals surface area contributed by atoms with Gasteiger partial charge in [-0.25, -0.2) is 12.7 Å². The molecule has 2 aromatic carbocycles. The van der Waals surface area contributed by atoms with Crippen LogP contribution in [0.4, 0.5) is 18.9 Å². The summed E-state index contributed by atoms with van der Waals surface area (Å²) in [4.78, 5) is 20.8. The first-order valence-electron chi connectivity index (χ1n) is 12.9. The summed E-state index contributed by atoms with van der Waals surface area (Å²) in [7, 11) is -3.76. The third kappa shape index (κ3) is 6.32. The number of fused-ring (bicyclic) bond motifs is 1. The molecular weight excluding hydrogens is 593 g/mol. The smallest absolute Gasteiger partial charge is 0.471 e. The molecule has 2 unspecified atom stereocenters. The van der Waals surface area contributed by atoms with Gasteiger partial charge in [-0.05, 0) is 62.0 Å². The van der Waals surface area contributed by atoms with E-state index >= 15 is 0 Å². The number of rotatable bonds is 7. The van der Waals surface area contributed by atoms with Crippen LogP contribution in [0.1, 0.15) is 29.4 Å². The molecule has 2 N–H and O–H groups in total. The Balaban J connectivity index is 1.47. The Bertz CT molecular complexity index is 1770. The molecule has 1 saturated heterocycles. The van der Waals surface area contributed by atoms with Gasteiger partial charge in [-0.2, -0.15) is 18.3 Å². The molecule has 1 amide bonds. The van der Waals surface area contributed by atoms with E-state index in [0.29, 0.717) is 10.6 Å². The molecule has 0 aliphatic carbocycles. The summed E-state index contributed by atoms with van der Waals surface area (Å²) in [5.74, 6) is -2.29. The number of carbonyl (C=O) groups excluding carboxylic acids is 1. The first kappa shape index (κ1) is 29.7. The summed E-state index contributed by atoms with van der Waals surface area (Å²) in [6.45, 7) is 1.72.